The molecule has 6 heteroatoms. The van der Waals surface area contributed by atoms with E-state index in [9.17, 15) is 9.59 Å². The van der Waals surface area contributed by atoms with Crippen LogP contribution in [0.15, 0.2) is 36.5 Å². The topological polar surface area (TPSA) is 81.9 Å². The number of esters is 2. The summed E-state index contributed by atoms with van der Waals surface area (Å²) in [5.41, 5.74) is -0.559. The van der Waals surface area contributed by atoms with Crippen molar-refractivity contribution in [3.8, 4) is 0 Å². The zero-order chi connectivity index (χ0) is 44.1. The Bertz CT molecular complexity index is 1110. The Hall–Kier alpha value is -1.92. The van der Waals surface area contributed by atoms with Gasteiger partial charge in [0.05, 0.1) is 5.41 Å². The summed E-state index contributed by atoms with van der Waals surface area (Å²) >= 11 is 0. The van der Waals surface area contributed by atoms with E-state index < -0.39 is 5.41 Å². The molecule has 0 aromatic rings. The number of rotatable bonds is 40. The van der Waals surface area contributed by atoms with Crippen LogP contribution in [0.1, 0.15) is 259 Å². The standard InChI is InChI=1S/C55H100N2O4/c1-5-8-11-13-15-17-19-21-23-25-27-29-31-33-35-38-40-50(41-39-36-34-32-30-28-26-24-22-20-18-16-14-12-9-6-2)60-53(58)47-49-43-44-52(51(49)42-37-10-7-3)61-54(59)55(4)45-46-57(56)48-55/h10,21-24,37,49-52H,5-9,11-20,25-36,38-48,56H2,1-4H3/b23-21-,24-22-,37-10-. The lowest BCUT2D eigenvalue weighted by atomic mass is 9.87. The van der Waals surface area contributed by atoms with Crippen LogP contribution in [0.5, 0.6) is 0 Å². The van der Waals surface area contributed by atoms with Gasteiger partial charge in [0.2, 0.25) is 0 Å². The monoisotopic (exact) mass is 853 g/mol. The maximum Gasteiger partial charge on any atom is 0.313 e. The lowest BCUT2D eigenvalue weighted by Gasteiger charge is -2.28. The molecule has 2 aliphatic rings. The third-order valence-corrected chi connectivity index (χ3v) is 13.8. The average molecular weight is 853 g/mol. The van der Waals surface area contributed by atoms with Crippen molar-refractivity contribution >= 4 is 11.9 Å². The van der Waals surface area contributed by atoms with Crippen LogP contribution in [-0.2, 0) is 19.1 Å². The first-order valence-electron chi connectivity index (χ1n) is 26.7. The number of hydrazine groups is 1. The molecule has 0 radical (unpaired) electrons. The first kappa shape index (κ1) is 55.2. The summed E-state index contributed by atoms with van der Waals surface area (Å²) in [4.78, 5) is 27.1. The fraction of sp³-hybridized carbons (Fsp3) is 0.855. The predicted octanol–water partition coefficient (Wildman–Crippen LogP) is 16.0. The molecule has 2 fully saturated rings. The molecule has 0 spiro atoms. The van der Waals surface area contributed by atoms with Crippen molar-refractivity contribution in [1.29, 1.82) is 0 Å². The Morgan fingerprint density at radius 3 is 1.52 bits per heavy atom. The Kier molecular flexibility index (Phi) is 33.9. The van der Waals surface area contributed by atoms with E-state index in [0.717, 1.165) is 57.8 Å². The van der Waals surface area contributed by atoms with Crippen molar-refractivity contribution < 1.29 is 19.1 Å². The van der Waals surface area contributed by atoms with Gasteiger partial charge in [0, 0.05) is 25.4 Å². The van der Waals surface area contributed by atoms with E-state index in [2.05, 4.69) is 57.2 Å². The highest BCUT2D eigenvalue weighted by molar-refractivity contribution is 5.77. The number of unbranched alkanes of at least 4 members (excludes halogenated alkanes) is 24. The second kappa shape index (κ2) is 37.5. The van der Waals surface area contributed by atoms with Crippen molar-refractivity contribution in [1.82, 2.24) is 5.01 Å². The lowest BCUT2D eigenvalue weighted by Crippen LogP contribution is -2.38. The van der Waals surface area contributed by atoms with Crippen LogP contribution in [-0.4, -0.2) is 42.2 Å². The van der Waals surface area contributed by atoms with E-state index in [1.165, 1.54) is 167 Å². The molecule has 61 heavy (non-hydrogen) atoms. The fourth-order valence-electron chi connectivity index (χ4n) is 9.67. The van der Waals surface area contributed by atoms with Crippen LogP contribution >= 0.6 is 0 Å². The van der Waals surface area contributed by atoms with Gasteiger partial charge in [0.25, 0.3) is 0 Å². The van der Waals surface area contributed by atoms with E-state index in [0.29, 0.717) is 19.5 Å². The molecule has 354 valence electrons. The molecule has 4 atom stereocenters. The summed E-state index contributed by atoms with van der Waals surface area (Å²) < 4.78 is 12.6. The fourth-order valence-corrected chi connectivity index (χ4v) is 9.67. The van der Waals surface area contributed by atoms with Gasteiger partial charge in [0.1, 0.15) is 12.2 Å². The number of nitrogens with two attached hydrogens (primary N) is 1. The maximum atomic E-state index is 13.7. The third-order valence-electron chi connectivity index (χ3n) is 13.8. The van der Waals surface area contributed by atoms with Crippen LogP contribution in [0.25, 0.3) is 0 Å². The summed E-state index contributed by atoms with van der Waals surface area (Å²) in [6.07, 6.45) is 57.0. The summed E-state index contributed by atoms with van der Waals surface area (Å²) in [5.74, 6) is 6.16. The highest BCUT2D eigenvalue weighted by Crippen LogP contribution is 2.41. The Balaban J connectivity index is 1.77. The van der Waals surface area contributed by atoms with Gasteiger partial charge >= 0.3 is 11.9 Å². The summed E-state index contributed by atoms with van der Waals surface area (Å²) in [5, 5.41) is 1.72. The largest absolute Gasteiger partial charge is 0.462 e. The number of allylic oxidation sites excluding steroid dienone is 6. The average Bonchev–Trinajstić information content (AvgIpc) is 3.80. The highest BCUT2D eigenvalue weighted by atomic mass is 16.5. The summed E-state index contributed by atoms with van der Waals surface area (Å²) in [6, 6.07) is 0. The normalized spacial score (nSPS) is 21.0. The smallest absolute Gasteiger partial charge is 0.313 e. The molecule has 1 saturated heterocycles. The molecule has 2 N–H and O–H groups in total. The third kappa shape index (κ3) is 27.8. The van der Waals surface area contributed by atoms with Gasteiger partial charge < -0.3 is 9.47 Å². The highest BCUT2D eigenvalue weighted by Gasteiger charge is 2.45. The predicted molar refractivity (Wildman–Crippen MR) is 261 cm³/mol. The summed E-state index contributed by atoms with van der Waals surface area (Å²) in [6.45, 7) is 9.93. The minimum Gasteiger partial charge on any atom is -0.462 e. The molecule has 4 unspecified atom stereocenters. The van der Waals surface area contributed by atoms with Crippen molar-refractivity contribution in [3.05, 3.63) is 36.5 Å². The van der Waals surface area contributed by atoms with Gasteiger partial charge in [-0.25, -0.2) is 5.01 Å². The van der Waals surface area contributed by atoms with E-state index in [4.69, 9.17) is 15.3 Å². The molecule has 0 amide bonds. The zero-order valence-electron chi connectivity index (χ0n) is 40.8. The Labute approximate surface area is 378 Å². The number of hydrogen-bond donors (Lipinski definition) is 1. The second-order valence-corrected chi connectivity index (χ2v) is 19.6. The van der Waals surface area contributed by atoms with Crippen molar-refractivity contribution in [3.63, 3.8) is 0 Å². The number of ether oxygens (including phenoxy) is 2. The van der Waals surface area contributed by atoms with Gasteiger partial charge in [-0.05, 0) is 122 Å². The van der Waals surface area contributed by atoms with Gasteiger partial charge in [0.15, 0.2) is 0 Å². The molecule has 0 aromatic carbocycles. The zero-order valence-corrected chi connectivity index (χ0v) is 40.8. The van der Waals surface area contributed by atoms with Crippen LogP contribution in [0.3, 0.4) is 0 Å². The van der Waals surface area contributed by atoms with Crippen LogP contribution in [0.2, 0.25) is 0 Å². The van der Waals surface area contributed by atoms with Gasteiger partial charge in [-0.15, -0.1) is 0 Å². The quantitative estimate of drug-likeness (QED) is 0.0286. The molecule has 1 aliphatic heterocycles. The van der Waals surface area contributed by atoms with Crippen LogP contribution < -0.4 is 5.84 Å². The van der Waals surface area contributed by atoms with Gasteiger partial charge in [-0.3, -0.25) is 15.4 Å². The van der Waals surface area contributed by atoms with Crippen LogP contribution in [0, 0.1) is 17.3 Å². The number of carbonyl (C=O) groups is 2. The molecule has 1 heterocycles. The maximum absolute atomic E-state index is 13.7. The molecular formula is C55H100N2O4. The SMILES string of the molecule is CC/C=C\CC1C(CC(=O)OC(CCCCCCCC/C=C\CCCCCCCC)CCCCCCCC/C=C\CCCCCCCC)CCC1OC(=O)C1(C)CCN(N)C1. The van der Waals surface area contributed by atoms with Crippen molar-refractivity contribution in [2.45, 2.75) is 271 Å². The molecule has 0 bridgehead atoms. The van der Waals surface area contributed by atoms with Crippen molar-refractivity contribution in [2.24, 2.45) is 23.1 Å². The van der Waals surface area contributed by atoms with Gasteiger partial charge in [-0.2, -0.15) is 0 Å². The van der Waals surface area contributed by atoms with Crippen LogP contribution in [0.4, 0.5) is 0 Å². The number of carbonyl (C=O) groups excluding carboxylic acids is 2. The van der Waals surface area contributed by atoms with Crippen molar-refractivity contribution in [2.75, 3.05) is 13.1 Å². The lowest BCUT2D eigenvalue weighted by molar-refractivity contribution is -0.162. The van der Waals surface area contributed by atoms with Gasteiger partial charge in [-0.1, -0.05) is 173 Å². The number of nitrogens with zero attached hydrogens (tertiary/aromatic N) is 1. The summed E-state index contributed by atoms with van der Waals surface area (Å²) in [7, 11) is 0. The first-order chi connectivity index (χ1) is 29.8. The molecule has 1 saturated carbocycles. The Morgan fingerprint density at radius 2 is 1.08 bits per heavy atom. The minimum atomic E-state index is -0.559. The van der Waals surface area contributed by atoms with E-state index in [-0.39, 0.29) is 36.0 Å². The van der Waals surface area contributed by atoms with E-state index >= 15 is 0 Å². The molecule has 1 aliphatic carbocycles. The molecule has 0 aromatic heterocycles. The molecule has 6 nitrogen and oxygen atoms in total. The Morgan fingerprint density at radius 1 is 0.623 bits per heavy atom. The molecule has 2 rings (SSSR count). The van der Waals surface area contributed by atoms with E-state index in [1.807, 2.05) is 6.92 Å². The van der Waals surface area contributed by atoms with E-state index in [1.54, 1.807) is 5.01 Å². The second-order valence-electron chi connectivity index (χ2n) is 19.6. The minimum absolute atomic E-state index is 0.0102. The molecular weight excluding hydrogens is 753 g/mol. The first-order valence-corrected chi connectivity index (χ1v) is 26.7. The number of hydrogen-bond acceptors (Lipinski definition) is 6.